The summed E-state index contributed by atoms with van der Waals surface area (Å²) in [6, 6.07) is 14.5. The molecule has 0 saturated heterocycles. The van der Waals surface area contributed by atoms with E-state index in [-0.39, 0.29) is 5.78 Å². The maximum Gasteiger partial charge on any atom is 0.163 e. The van der Waals surface area contributed by atoms with E-state index in [4.69, 9.17) is 0 Å². The third-order valence-corrected chi connectivity index (χ3v) is 5.76. The lowest BCUT2D eigenvalue weighted by molar-refractivity contribution is 0.0971. The quantitative estimate of drug-likeness (QED) is 0.582. The van der Waals surface area contributed by atoms with Gasteiger partial charge in [0.25, 0.3) is 0 Å². The van der Waals surface area contributed by atoms with E-state index >= 15 is 0 Å². The zero-order chi connectivity index (χ0) is 17.6. The number of Topliss-reactive ketones (excluding diaryl/α,β-unsaturated/α-hetero) is 1. The highest BCUT2D eigenvalue weighted by atomic mass is 16.1. The number of para-hydroxylation sites is 1. The molecule has 3 aromatic rings. The first kappa shape index (κ1) is 16.1. The number of aryl methyl sites for hydroxylation is 3. The number of hydrogen-bond acceptors (Lipinski definition) is 1. The average Bonchev–Trinajstić information content (AvgIpc) is 2.90. The van der Waals surface area contributed by atoms with Crippen LogP contribution in [0.25, 0.3) is 10.9 Å². The van der Waals surface area contributed by atoms with Crippen LogP contribution >= 0.6 is 0 Å². The van der Waals surface area contributed by atoms with E-state index < -0.39 is 0 Å². The summed E-state index contributed by atoms with van der Waals surface area (Å²) in [7, 11) is 2.18. The molecule has 1 aliphatic carbocycles. The van der Waals surface area contributed by atoms with Crippen molar-refractivity contribution < 1.29 is 4.79 Å². The van der Waals surface area contributed by atoms with Gasteiger partial charge in [-0.3, -0.25) is 4.79 Å². The van der Waals surface area contributed by atoms with Crippen LogP contribution in [0.4, 0.5) is 0 Å². The fraction of sp³-hybridized carbons (Fsp3) is 0.348. The lowest BCUT2D eigenvalue weighted by atomic mass is 9.81. The van der Waals surface area contributed by atoms with Crippen LogP contribution in [-0.2, 0) is 13.5 Å². The normalized spacial score (nSPS) is 16.8. The molecular weight excluding hydrogens is 306 g/mol. The van der Waals surface area contributed by atoms with Gasteiger partial charge in [0.2, 0.25) is 0 Å². The molecule has 0 N–H and O–H groups in total. The molecule has 1 unspecified atom stereocenters. The summed E-state index contributed by atoms with van der Waals surface area (Å²) < 4.78 is 2.36. The van der Waals surface area contributed by atoms with E-state index in [0.29, 0.717) is 12.3 Å². The highest BCUT2D eigenvalue weighted by molar-refractivity contribution is 5.97. The van der Waals surface area contributed by atoms with Crippen LogP contribution in [0.2, 0.25) is 0 Å². The van der Waals surface area contributed by atoms with E-state index in [1.165, 1.54) is 39.7 Å². The lowest BCUT2D eigenvalue weighted by Crippen LogP contribution is -2.14. The third kappa shape index (κ3) is 2.70. The molecule has 0 saturated carbocycles. The fourth-order valence-electron chi connectivity index (χ4n) is 4.50. The van der Waals surface area contributed by atoms with Crippen LogP contribution in [0.5, 0.6) is 0 Å². The van der Waals surface area contributed by atoms with E-state index in [2.05, 4.69) is 43.7 Å². The molecule has 0 fully saturated rings. The summed E-state index contributed by atoms with van der Waals surface area (Å²) in [6.45, 7) is 4.24. The highest BCUT2D eigenvalue weighted by Gasteiger charge is 2.28. The molecule has 1 heterocycles. The van der Waals surface area contributed by atoms with E-state index in [1.54, 1.807) is 0 Å². The first-order chi connectivity index (χ1) is 12.1. The number of ketones is 1. The molecule has 1 aromatic heterocycles. The number of carbonyl (C=O) groups is 1. The Labute approximate surface area is 149 Å². The largest absolute Gasteiger partial charge is 0.347 e. The third-order valence-electron chi connectivity index (χ3n) is 5.76. The van der Waals surface area contributed by atoms with Crippen LogP contribution < -0.4 is 0 Å². The summed E-state index contributed by atoms with van der Waals surface area (Å²) in [5.41, 5.74) is 7.54. The Balaban J connectivity index is 1.73. The minimum atomic E-state index is 0.266. The zero-order valence-electron chi connectivity index (χ0n) is 15.3. The smallest absolute Gasteiger partial charge is 0.163 e. The first-order valence-corrected chi connectivity index (χ1v) is 9.23. The summed E-state index contributed by atoms with van der Waals surface area (Å²) in [5.74, 6) is 0.602. The van der Waals surface area contributed by atoms with Crippen molar-refractivity contribution in [1.82, 2.24) is 4.57 Å². The van der Waals surface area contributed by atoms with Crippen molar-refractivity contribution in [2.24, 2.45) is 7.05 Å². The molecule has 0 bridgehead atoms. The second kappa shape index (κ2) is 6.18. The summed E-state index contributed by atoms with van der Waals surface area (Å²) >= 11 is 0. The van der Waals surface area contributed by atoms with Crippen LogP contribution in [0, 0.1) is 13.8 Å². The molecule has 0 radical (unpaired) electrons. The number of fused-ring (bicyclic) bond motifs is 3. The summed E-state index contributed by atoms with van der Waals surface area (Å²) in [4.78, 5) is 12.8. The molecule has 2 nitrogen and oxygen atoms in total. The van der Waals surface area contributed by atoms with Crippen molar-refractivity contribution in [2.45, 2.75) is 45.4 Å². The average molecular weight is 331 g/mol. The SMILES string of the molecule is Cc1ccc(C(=O)CC2CCCc3c2c2cccc(C)c2n3C)cc1. The van der Waals surface area contributed by atoms with Gasteiger partial charge >= 0.3 is 0 Å². The second-order valence-electron chi connectivity index (χ2n) is 7.47. The Bertz CT molecular complexity index is 946. The Hall–Kier alpha value is -2.35. The first-order valence-electron chi connectivity index (χ1n) is 9.23. The predicted molar refractivity (Wildman–Crippen MR) is 103 cm³/mol. The van der Waals surface area contributed by atoms with Crippen molar-refractivity contribution in [3.8, 4) is 0 Å². The molecule has 128 valence electrons. The standard InChI is InChI=1S/C23H25NO/c1-15-10-12-17(13-11-15)21(25)14-18-7-5-9-20-22(18)19-8-4-6-16(2)23(19)24(20)3/h4,6,8,10-13,18H,5,7,9,14H2,1-3H3. The van der Waals surface area contributed by atoms with Gasteiger partial charge in [-0.25, -0.2) is 0 Å². The molecule has 0 amide bonds. The number of carbonyl (C=O) groups excluding carboxylic acids is 1. The van der Waals surface area contributed by atoms with E-state index in [9.17, 15) is 4.79 Å². The molecule has 1 atom stereocenters. The predicted octanol–water partition coefficient (Wildman–Crippen LogP) is 5.49. The fourth-order valence-corrected chi connectivity index (χ4v) is 4.50. The van der Waals surface area contributed by atoms with Gasteiger partial charge < -0.3 is 4.57 Å². The molecule has 0 spiro atoms. The molecule has 2 aromatic carbocycles. The molecule has 25 heavy (non-hydrogen) atoms. The Morgan fingerprint density at radius 1 is 1.12 bits per heavy atom. The molecule has 0 aliphatic heterocycles. The van der Waals surface area contributed by atoms with Gasteiger partial charge in [-0.05, 0) is 50.2 Å². The highest BCUT2D eigenvalue weighted by Crippen LogP contribution is 2.41. The molecule has 4 rings (SSSR count). The van der Waals surface area contributed by atoms with E-state index in [1.807, 2.05) is 24.3 Å². The van der Waals surface area contributed by atoms with Crippen molar-refractivity contribution in [3.63, 3.8) is 0 Å². The van der Waals surface area contributed by atoms with Crippen LogP contribution in [0.3, 0.4) is 0 Å². The van der Waals surface area contributed by atoms with Gasteiger partial charge in [0.15, 0.2) is 5.78 Å². The molecular formula is C23H25NO. The van der Waals surface area contributed by atoms with E-state index in [0.717, 1.165) is 18.4 Å². The maximum atomic E-state index is 12.8. The Kier molecular flexibility index (Phi) is 3.99. The molecule has 2 heteroatoms. The maximum absolute atomic E-state index is 12.8. The van der Waals surface area contributed by atoms with Gasteiger partial charge in [-0.1, -0.05) is 48.0 Å². The van der Waals surface area contributed by atoms with Gasteiger partial charge in [-0.15, -0.1) is 0 Å². The van der Waals surface area contributed by atoms with Crippen LogP contribution in [0.1, 0.15) is 57.9 Å². The minimum absolute atomic E-state index is 0.266. The van der Waals surface area contributed by atoms with Gasteiger partial charge in [0.05, 0.1) is 5.52 Å². The Morgan fingerprint density at radius 3 is 2.64 bits per heavy atom. The molecule has 1 aliphatic rings. The van der Waals surface area contributed by atoms with Crippen LogP contribution in [-0.4, -0.2) is 10.4 Å². The number of nitrogens with zero attached hydrogens (tertiary/aromatic N) is 1. The second-order valence-corrected chi connectivity index (χ2v) is 7.47. The van der Waals surface area contributed by atoms with Gasteiger partial charge in [0, 0.05) is 30.1 Å². The topological polar surface area (TPSA) is 22.0 Å². The summed E-state index contributed by atoms with van der Waals surface area (Å²) in [6.07, 6.45) is 4.01. The zero-order valence-corrected chi connectivity index (χ0v) is 15.3. The number of benzene rings is 2. The van der Waals surface area contributed by atoms with Crippen molar-refractivity contribution in [3.05, 3.63) is 70.4 Å². The van der Waals surface area contributed by atoms with Gasteiger partial charge in [-0.2, -0.15) is 0 Å². The number of rotatable bonds is 3. The number of aromatic nitrogens is 1. The van der Waals surface area contributed by atoms with Gasteiger partial charge in [0.1, 0.15) is 0 Å². The monoisotopic (exact) mass is 331 g/mol. The summed E-state index contributed by atoms with van der Waals surface area (Å²) in [5, 5.41) is 1.35. The lowest BCUT2D eigenvalue weighted by Gasteiger charge is -2.23. The minimum Gasteiger partial charge on any atom is -0.347 e. The number of hydrogen-bond donors (Lipinski definition) is 0. The van der Waals surface area contributed by atoms with Crippen molar-refractivity contribution in [2.75, 3.05) is 0 Å². The van der Waals surface area contributed by atoms with Crippen molar-refractivity contribution >= 4 is 16.7 Å². The Morgan fingerprint density at radius 2 is 1.88 bits per heavy atom. The van der Waals surface area contributed by atoms with Crippen molar-refractivity contribution in [1.29, 1.82) is 0 Å². The van der Waals surface area contributed by atoms with Crippen LogP contribution in [0.15, 0.2) is 42.5 Å².